The van der Waals surface area contributed by atoms with Crippen LogP contribution in [0, 0.1) is 6.92 Å². The van der Waals surface area contributed by atoms with Gasteiger partial charge in [-0.25, -0.2) is 4.99 Å². The fraction of sp³-hybridized carbons (Fsp3) is 0.292. The Morgan fingerprint density at radius 3 is 2.52 bits per heavy atom. The average Bonchev–Trinajstić information content (AvgIpc) is 2.71. The smallest absolute Gasteiger partial charge is 0.142 e. The van der Waals surface area contributed by atoms with Crippen molar-refractivity contribution in [3.05, 3.63) is 71.0 Å². The van der Waals surface area contributed by atoms with Gasteiger partial charge in [-0.05, 0) is 69.0 Å². The highest BCUT2D eigenvalue weighted by atomic mass is 35.5. The molecule has 2 aromatic carbocycles. The van der Waals surface area contributed by atoms with E-state index in [0.29, 0.717) is 16.6 Å². The minimum Gasteiger partial charge on any atom is -0.495 e. The second kappa shape index (κ2) is 10.7. The third kappa shape index (κ3) is 6.75. The predicted molar refractivity (Wildman–Crippen MR) is 136 cm³/mol. The third-order valence-corrected chi connectivity index (χ3v) is 6.66. The number of nitrogens with one attached hydrogen (secondary N) is 2. The fourth-order valence-electron chi connectivity index (χ4n) is 3.11. The lowest BCUT2D eigenvalue weighted by atomic mass is 10.0. The highest BCUT2D eigenvalue weighted by molar-refractivity contribution is 7.70. The van der Waals surface area contributed by atoms with Crippen LogP contribution >= 0.6 is 18.7 Å². The molecule has 0 saturated heterocycles. The van der Waals surface area contributed by atoms with Crippen LogP contribution in [-0.4, -0.2) is 26.3 Å². The minimum absolute atomic E-state index is 0.350. The number of anilines is 2. The Balaban J connectivity index is 2.17. The van der Waals surface area contributed by atoms with E-state index < -0.39 is 7.14 Å². The summed E-state index contributed by atoms with van der Waals surface area (Å²) in [5.74, 6) is 1.42. The summed E-state index contributed by atoms with van der Waals surface area (Å²) in [6, 6.07) is 11.5. The standard InChI is InChI=1S/C24H31ClN3O2P/c1-8-19-14-23(30-5)22(13-16(19)2)28-18(4)26-15-20(25)17(3)27-21-11-9-10-12-24(21)31(6,7)29/h9-15,27H,3,8H2,1-2,4-7H3,(H,26,28)/b20-15+. The number of ether oxygens (including phenoxy) is 1. The summed E-state index contributed by atoms with van der Waals surface area (Å²) in [5, 5.41) is 7.51. The lowest BCUT2D eigenvalue weighted by molar-refractivity contribution is 0.416. The summed E-state index contributed by atoms with van der Waals surface area (Å²) in [4.78, 5) is 4.40. The van der Waals surface area contributed by atoms with Crippen LogP contribution in [0.15, 0.2) is 64.9 Å². The van der Waals surface area contributed by atoms with E-state index in [0.717, 1.165) is 28.8 Å². The van der Waals surface area contributed by atoms with E-state index in [9.17, 15) is 4.57 Å². The van der Waals surface area contributed by atoms with E-state index >= 15 is 0 Å². The van der Waals surface area contributed by atoms with Crippen LogP contribution in [0.25, 0.3) is 0 Å². The minimum atomic E-state index is -2.45. The number of methoxy groups -OCH3 is 1. The van der Waals surface area contributed by atoms with Crippen molar-refractivity contribution in [1.29, 1.82) is 0 Å². The molecular weight excluding hydrogens is 429 g/mol. The SMILES string of the molecule is C=C(Nc1ccccc1P(C)(C)=O)/C(Cl)=C\N=C(C)Nc1cc(C)c(CC)cc1OC. The van der Waals surface area contributed by atoms with Gasteiger partial charge >= 0.3 is 0 Å². The Bertz CT molecular complexity index is 1070. The van der Waals surface area contributed by atoms with Gasteiger partial charge in [0, 0.05) is 17.2 Å². The molecule has 166 valence electrons. The van der Waals surface area contributed by atoms with E-state index in [1.807, 2.05) is 43.3 Å². The average molecular weight is 460 g/mol. The molecule has 5 nitrogen and oxygen atoms in total. The van der Waals surface area contributed by atoms with Crippen molar-refractivity contribution < 1.29 is 9.30 Å². The number of aliphatic imine (C=N–C) groups is 1. The summed E-state index contributed by atoms with van der Waals surface area (Å²) in [7, 11) is -0.795. The first-order chi connectivity index (χ1) is 14.6. The second-order valence-corrected chi connectivity index (χ2v) is 11.2. The van der Waals surface area contributed by atoms with Crippen molar-refractivity contribution in [3.63, 3.8) is 0 Å². The van der Waals surface area contributed by atoms with E-state index in [4.69, 9.17) is 16.3 Å². The highest BCUT2D eigenvalue weighted by Gasteiger charge is 2.16. The number of benzene rings is 2. The number of halogens is 1. The summed E-state index contributed by atoms with van der Waals surface area (Å²) < 4.78 is 18.0. The molecule has 0 spiro atoms. The summed E-state index contributed by atoms with van der Waals surface area (Å²) in [5.41, 5.74) is 4.47. The fourth-order valence-corrected chi connectivity index (χ4v) is 4.36. The molecule has 0 radical (unpaired) electrons. The molecule has 2 aromatic rings. The zero-order valence-corrected chi connectivity index (χ0v) is 20.7. The molecule has 0 bridgehead atoms. The molecule has 0 saturated carbocycles. The lowest BCUT2D eigenvalue weighted by Gasteiger charge is -2.16. The van der Waals surface area contributed by atoms with Crippen LogP contribution in [0.3, 0.4) is 0 Å². The van der Waals surface area contributed by atoms with E-state index in [2.05, 4.69) is 36.1 Å². The highest BCUT2D eigenvalue weighted by Crippen LogP contribution is 2.38. The van der Waals surface area contributed by atoms with Crippen LogP contribution in [0.2, 0.25) is 0 Å². The molecule has 2 rings (SSSR count). The van der Waals surface area contributed by atoms with Gasteiger partial charge in [-0.15, -0.1) is 0 Å². The Morgan fingerprint density at radius 2 is 1.90 bits per heavy atom. The Morgan fingerprint density at radius 1 is 1.23 bits per heavy atom. The monoisotopic (exact) mass is 459 g/mol. The summed E-state index contributed by atoms with van der Waals surface area (Å²) in [6.45, 7) is 13.5. The van der Waals surface area contributed by atoms with E-state index in [1.54, 1.807) is 20.4 Å². The normalized spacial score (nSPS) is 12.5. The quantitative estimate of drug-likeness (QED) is 0.209. The van der Waals surface area contributed by atoms with Crippen LogP contribution in [-0.2, 0) is 11.0 Å². The van der Waals surface area contributed by atoms with Crippen molar-refractivity contribution in [3.8, 4) is 5.75 Å². The molecule has 0 aromatic heterocycles. The molecule has 2 N–H and O–H groups in total. The molecule has 0 aliphatic heterocycles. The molecule has 0 atom stereocenters. The predicted octanol–water partition coefficient (Wildman–Crippen LogP) is 6.35. The Hall–Kier alpha value is -2.49. The molecule has 7 heteroatoms. The van der Waals surface area contributed by atoms with Gasteiger partial charge in [-0.2, -0.15) is 0 Å². The Kier molecular flexibility index (Phi) is 8.55. The van der Waals surface area contributed by atoms with Crippen LogP contribution in [0.5, 0.6) is 5.75 Å². The van der Waals surface area contributed by atoms with Crippen LogP contribution in [0.1, 0.15) is 25.0 Å². The van der Waals surface area contributed by atoms with Gasteiger partial charge in [-0.3, -0.25) is 0 Å². The molecule has 0 aliphatic rings. The molecule has 0 aliphatic carbocycles. The number of para-hydroxylation sites is 1. The second-order valence-electron chi connectivity index (χ2n) is 7.62. The molecule has 0 unspecified atom stereocenters. The van der Waals surface area contributed by atoms with Gasteiger partial charge < -0.3 is 19.9 Å². The molecule has 0 fully saturated rings. The number of aryl methyl sites for hydroxylation is 2. The van der Waals surface area contributed by atoms with Gasteiger partial charge in [0.2, 0.25) is 0 Å². The largest absolute Gasteiger partial charge is 0.495 e. The van der Waals surface area contributed by atoms with Gasteiger partial charge in [0.1, 0.15) is 18.7 Å². The summed E-state index contributed by atoms with van der Waals surface area (Å²) >= 11 is 6.39. The van der Waals surface area contributed by atoms with Gasteiger partial charge in [0.25, 0.3) is 0 Å². The van der Waals surface area contributed by atoms with Crippen molar-refractivity contribution in [2.24, 2.45) is 4.99 Å². The molecule has 31 heavy (non-hydrogen) atoms. The van der Waals surface area contributed by atoms with Crippen molar-refractivity contribution in [2.45, 2.75) is 27.2 Å². The first-order valence-corrected chi connectivity index (χ1v) is 13.0. The number of allylic oxidation sites excluding steroid dienone is 1. The number of amidine groups is 1. The van der Waals surface area contributed by atoms with E-state index in [1.165, 1.54) is 17.3 Å². The zero-order chi connectivity index (χ0) is 23.2. The van der Waals surface area contributed by atoms with Gasteiger partial charge in [0.05, 0.1) is 23.5 Å². The van der Waals surface area contributed by atoms with Crippen LogP contribution < -0.4 is 20.7 Å². The molecule has 0 amide bonds. The summed E-state index contributed by atoms with van der Waals surface area (Å²) in [6.07, 6.45) is 2.47. The van der Waals surface area contributed by atoms with Gasteiger partial charge in [0.15, 0.2) is 0 Å². The number of rotatable bonds is 8. The van der Waals surface area contributed by atoms with Gasteiger partial charge in [-0.1, -0.05) is 37.2 Å². The first kappa shape index (κ1) is 24.8. The maximum atomic E-state index is 12.5. The topological polar surface area (TPSA) is 62.7 Å². The maximum Gasteiger partial charge on any atom is 0.142 e. The molecule has 0 heterocycles. The van der Waals surface area contributed by atoms with Crippen molar-refractivity contribution in [2.75, 3.05) is 31.1 Å². The van der Waals surface area contributed by atoms with Crippen molar-refractivity contribution in [1.82, 2.24) is 0 Å². The first-order valence-electron chi connectivity index (χ1n) is 10.0. The van der Waals surface area contributed by atoms with Crippen molar-refractivity contribution >= 4 is 41.3 Å². The third-order valence-electron chi connectivity index (χ3n) is 4.78. The lowest BCUT2D eigenvalue weighted by Crippen LogP contribution is -2.12. The number of hydrogen-bond donors (Lipinski definition) is 2. The number of hydrogen-bond acceptors (Lipinski definition) is 4. The van der Waals surface area contributed by atoms with Crippen LogP contribution in [0.4, 0.5) is 11.4 Å². The molecular formula is C24H31ClN3O2P. The maximum absolute atomic E-state index is 12.5. The Labute approximate surface area is 190 Å². The zero-order valence-electron chi connectivity index (χ0n) is 19.0. The van der Waals surface area contributed by atoms with E-state index in [-0.39, 0.29) is 0 Å². The number of nitrogens with zero attached hydrogens (tertiary/aromatic N) is 1.